The lowest BCUT2D eigenvalue weighted by atomic mass is 9.88. The molecule has 0 unspecified atom stereocenters. The van der Waals surface area contributed by atoms with Crippen molar-refractivity contribution in [2.24, 2.45) is 5.92 Å². The van der Waals surface area contributed by atoms with Crippen LogP contribution in [0.25, 0.3) is 0 Å². The highest BCUT2D eigenvalue weighted by Gasteiger charge is 2.31. The van der Waals surface area contributed by atoms with Crippen LogP contribution in [-0.4, -0.2) is 53.9 Å². The van der Waals surface area contributed by atoms with E-state index in [0.717, 1.165) is 57.5 Å². The van der Waals surface area contributed by atoms with Crippen LogP contribution >= 0.6 is 0 Å². The van der Waals surface area contributed by atoms with Crippen LogP contribution in [0.3, 0.4) is 0 Å². The molecule has 24 heavy (non-hydrogen) atoms. The highest BCUT2D eigenvalue weighted by atomic mass is 16.3. The van der Waals surface area contributed by atoms with Gasteiger partial charge in [-0.15, -0.1) is 0 Å². The van der Waals surface area contributed by atoms with Gasteiger partial charge in [0.25, 0.3) is 0 Å². The number of urea groups is 1. The number of carbonyl (C=O) groups excluding carboxylic acids is 1. The topological polar surface area (TPSA) is 64.6 Å². The average Bonchev–Trinajstić information content (AvgIpc) is 3.03. The quantitative estimate of drug-likeness (QED) is 0.722. The molecular formula is C19H35N3O2. The van der Waals surface area contributed by atoms with Crippen LogP contribution in [0.5, 0.6) is 0 Å². The Balaban J connectivity index is 1.30. The molecule has 2 amide bonds. The molecule has 3 rings (SSSR count). The van der Waals surface area contributed by atoms with Gasteiger partial charge in [0.15, 0.2) is 0 Å². The number of hydrogen-bond donors (Lipinski definition) is 3. The smallest absolute Gasteiger partial charge is 0.315 e. The molecule has 0 aromatic carbocycles. The molecule has 1 aliphatic heterocycles. The minimum Gasteiger partial charge on any atom is -0.388 e. The van der Waals surface area contributed by atoms with Crippen LogP contribution in [0, 0.1) is 5.92 Å². The van der Waals surface area contributed by atoms with Crippen molar-refractivity contribution in [3.8, 4) is 0 Å². The molecule has 0 spiro atoms. The highest BCUT2D eigenvalue weighted by molar-refractivity contribution is 5.74. The number of nitrogens with zero attached hydrogens (tertiary/aromatic N) is 1. The Morgan fingerprint density at radius 3 is 2.33 bits per heavy atom. The third-order valence-corrected chi connectivity index (χ3v) is 6.28. The predicted octanol–water partition coefficient (Wildman–Crippen LogP) is 2.64. The molecule has 3 fully saturated rings. The van der Waals surface area contributed by atoms with Crippen LogP contribution in [-0.2, 0) is 0 Å². The summed E-state index contributed by atoms with van der Waals surface area (Å²) in [5, 5.41) is 16.3. The van der Waals surface area contributed by atoms with Crippen molar-refractivity contribution in [1.82, 2.24) is 15.5 Å². The van der Waals surface area contributed by atoms with Gasteiger partial charge in [-0.05, 0) is 44.4 Å². The number of nitrogens with one attached hydrogen (secondary N) is 2. The summed E-state index contributed by atoms with van der Waals surface area (Å²) in [4.78, 5) is 14.7. The fraction of sp³-hybridized carbons (Fsp3) is 0.947. The maximum atomic E-state index is 12.1. The summed E-state index contributed by atoms with van der Waals surface area (Å²) >= 11 is 0. The predicted molar refractivity (Wildman–Crippen MR) is 96.0 cm³/mol. The lowest BCUT2D eigenvalue weighted by Crippen LogP contribution is -2.51. The molecule has 0 aromatic heterocycles. The third kappa shape index (κ3) is 5.35. The fourth-order valence-electron chi connectivity index (χ4n) is 4.69. The number of amides is 2. The van der Waals surface area contributed by atoms with Gasteiger partial charge in [-0.25, -0.2) is 4.79 Å². The van der Waals surface area contributed by atoms with E-state index in [1.54, 1.807) is 0 Å². The number of carbonyl (C=O) groups is 1. The molecule has 3 aliphatic rings. The van der Waals surface area contributed by atoms with E-state index in [0.29, 0.717) is 6.54 Å². The molecule has 0 aromatic rings. The molecule has 0 atom stereocenters. The number of aliphatic hydroxyl groups is 1. The van der Waals surface area contributed by atoms with Crippen molar-refractivity contribution >= 4 is 6.03 Å². The van der Waals surface area contributed by atoms with E-state index in [4.69, 9.17) is 0 Å². The molecule has 3 N–H and O–H groups in total. The van der Waals surface area contributed by atoms with E-state index in [-0.39, 0.29) is 12.1 Å². The zero-order chi connectivity index (χ0) is 16.8. The Morgan fingerprint density at radius 2 is 1.67 bits per heavy atom. The average molecular weight is 338 g/mol. The van der Waals surface area contributed by atoms with Gasteiger partial charge in [0.05, 0.1) is 5.60 Å². The summed E-state index contributed by atoms with van der Waals surface area (Å²) in [5.41, 5.74) is -0.666. The molecule has 5 heteroatoms. The minimum absolute atomic E-state index is 0.110. The Hall–Kier alpha value is -0.810. The first-order chi connectivity index (χ1) is 11.6. The van der Waals surface area contributed by atoms with E-state index in [9.17, 15) is 9.90 Å². The molecule has 2 aliphatic carbocycles. The van der Waals surface area contributed by atoms with E-state index >= 15 is 0 Å². The van der Waals surface area contributed by atoms with Crippen molar-refractivity contribution in [3.63, 3.8) is 0 Å². The third-order valence-electron chi connectivity index (χ3n) is 6.28. The van der Waals surface area contributed by atoms with Gasteiger partial charge in [-0.3, -0.25) is 0 Å². The maximum Gasteiger partial charge on any atom is 0.315 e. The van der Waals surface area contributed by atoms with Gasteiger partial charge in [0, 0.05) is 32.2 Å². The van der Waals surface area contributed by atoms with Gasteiger partial charge < -0.3 is 20.6 Å². The normalized spacial score (nSPS) is 26.4. The summed E-state index contributed by atoms with van der Waals surface area (Å²) in [5.74, 6) is 0.902. The van der Waals surface area contributed by atoms with Crippen LogP contribution in [0.2, 0.25) is 0 Å². The first-order valence-corrected chi connectivity index (χ1v) is 10.1. The van der Waals surface area contributed by atoms with Gasteiger partial charge in [-0.2, -0.15) is 0 Å². The first-order valence-electron chi connectivity index (χ1n) is 10.1. The van der Waals surface area contributed by atoms with Crippen LogP contribution in [0.1, 0.15) is 70.6 Å². The Kier molecular flexibility index (Phi) is 6.39. The zero-order valence-corrected chi connectivity index (χ0v) is 15.1. The highest BCUT2D eigenvalue weighted by Crippen LogP contribution is 2.28. The summed E-state index contributed by atoms with van der Waals surface area (Å²) in [6, 6.07) is 0.173. The molecule has 5 nitrogen and oxygen atoms in total. The van der Waals surface area contributed by atoms with Crippen molar-refractivity contribution in [2.75, 3.05) is 26.2 Å². The monoisotopic (exact) mass is 337 g/mol. The first kappa shape index (κ1) is 18.0. The van der Waals surface area contributed by atoms with Crippen LogP contribution < -0.4 is 10.6 Å². The van der Waals surface area contributed by atoms with E-state index < -0.39 is 5.60 Å². The summed E-state index contributed by atoms with van der Waals surface area (Å²) in [6.45, 7) is 3.85. The van der Waals surface area contributed by atoms with E-state index in [1.807, 2.05) is 0 Å². The van der Waals surface area contributed by atoms with Crippen LogP contribution in [0.15, 0.2) is 0 Å². The van der Waals surface area contributed by atoms with Crippen molar-refractivity contribution in [1.29, 1.82) is 0 Å². The van der Waals surface area contributed by atoms with Crippen LogP contribution in [0.4, 0.5) is 4.79 Å². The SMILES string of the molecule is O=C(NCC1(O)CCCC1)NC1CCN(CC2CCCCC2)CC1. The van der Waals surface area contributed by atoms with Crippen molar-refractivity contribution in [3.05, 3.63) is 0 Å². The number of likely N-dealkylation sites (tertiary alicyclic amines) is 1. The van der Waals surface area contributed by atoms with Gasteiger partial charge in [-0.1, -0.05) is 32.1 Å². The van der Waals surface area contributed by atoms with E-state index in [1.165, 1.54) is 38.6 Å². The lowest BCUT2D eigenvalue weighted by molar-refractivity contribution is 0.0498. The second kappa shape index (κ2) is 8.52. The standard InChI is InChI=1S/C19H35N3O2/c23-18(20-15-19(24)10-4-5-11-19)21-17-8-12-22(13-9-17)14-16-6-2-1-3-7-16/h16-17,24H,1-15H2,(H2,20,21,23). The molecule has 138 valence electrons. The Morgan fingerprint density at radius 1 is 1.00 bits per heavy atom. The second-order valence-corrected chi connectivity index (χ2v) is 8.34. The Labute approximate surface area is 146 Å². The molecule has 1 saturated heterocycles. The maximum absolute atomic E-state index is 12.1. The molecular weight excluding hydrogens is 302 g/mol. The number of hydrogen-bond acceptors (Lipinski definition) is 3. The van der Waals surface area contributed by atoms with Gasteiger partial charge >= 0.3 is 6.03 Å². The molecule has 2 saturated carbocycles. The van der Waals surface area contributed by atoms with Crippen molar-refractivity contribution in [2.45, 2.75) is 82.3 Å². The fourth-order valence-corrected chi connectivity index (χ4v) is 4.69. The summed E-state index contributed by atoms with van der Waals surface area (Å²) < 4.78 is 0. The van der Waals surface area contributed by atoms with Gasteiger partial charge in [0.2, 0.25) is 0 Å². The van der Waals surface area contributed by atoms with E-state index in [2.05, 4.69) is 15.5 Å². The number of piperidine rings is 1. The Bertz CT molecular complexity index is 395. The minimum atomic E-state index is -0.666. The van der Waals surface area contributed by atoms with Gasteiger partial charge in [0.1, 0.15) is 0 Å². The molecule has 1 heterocycles. The van der Waals surface area contributed by atoms with Crippen molar-refractivity contribution < 1.29 is 9.90 Å². The summed E-state index contributed by atoms with van der Waals surface area (Å²) in [6.07, 6.45) is 12.9. The lowest BCUT2D eigenvalue weighted by Gasteiger charge is -2.35. The zero-order valence-electron chi connectivity index (χ0n) is 15.1. The molecule has 0 radical (unpaired) electrons. The number of rotatable bonds is 5. The molecule has 0 bridgehead atoms. The second-order valence-electron chi connectivity index (χ2n) is 8.34. The largest absolute Gasteiger partial charge is 0.388 e. The summed E-state index contributed by atoms with van der Waals surface area (Å²) in [7, 11) is 0.